The maximum atomic E-state index is 11.5. The van der Waals surface area contributed by atoms with Crippen LogP contribution < -0.4 is 10.2 Å². The number of hydrogen-bond acceptors (Lipinski definition) is 4. The number of hydrazone groups is 1. The van der Waals surface area contributed by atoms with Crippen LogP contribution in [0.15, 0.2) is 58.1 Å². The number of halogens is 1. The molecule has 0 unspecified atom stereocenters. The average molecular weight is 349 g/mol. The number of carbonyl (C=O) groups excluding carboxylic acids is 1. The average Bonchev–Trinajstić information content (AvgIpc) is 2.47. The number of ether oxygens (including phenoxy) is 1. The molecule has 0 spiro atoms. The molecule has 0 saturated carbocycles. The molecule has 21 heavy (non-hydrogen) atoms. The van der Waals surface area contributed by atoms with E-state index in [0.29, 0.717) is 5.75 Å². The van der Waals surface area contributed by atoms with Crippen LogP contribution in [0, 0.1) is 0 Å². The van der Waals surface area contributed by atoms with Crippen molar-refractivity contribution in [2.75, 3.05) is 6.61 Å². The highest BCUT2D eigenvalue weighted by atomic mass is 79.9. The molecule has 0 heterocycles. The maximum Gasteiger partial charge on any atom is 0.277 e. The van der Waals surface area contributed by atoms with Gasteiger partial charge in [0.15, 0.2) is 6.61 Å². The number of benzene rings is 2. The van der Waals surface area contributed by atoms with Crippen LogP contribution in [0.2, 0.25) is 0 Å². The van der Waals surface area contributed by atoms with Crippen molar-refractivity contribution < 1.29 is 14.6 Å². The lowest BCUT2D eigenvalue weighted by atomic mass is 10.2. The summed E-state index contributed by atoms with van der Waals surface area (Å²) in [5.41, 5.74) is 3.13. The summed E-state index contributed by atoms with van der Waals surface area (Å²) in [4.78, 5) is 11.5. The molecule has 1 amide bonds. The van der Waals surface area contributed by atoms with Gasteiger partial charge in [-0.15, -0.1) is 0 Å². The van der Waals surface area contributed by atoms with Crippen molar-refractivity contribution in [2.24, 2.45) is 5.10 Å². The molecular weight excluding hydrogens is 336 g/mol. The van der Waals surface area contributed by atoms with Crippen LogP contribution in [0.3, 0.4) is 0 Å². The second-order valence-corrected chi connectivity index (χ2v) is 5.05. The van der Waals surface area contributed by atoms with Crippen LogP contribution >= 0.6 is 15.9 Å². The molecule has 108 valence electrons. The highest BCUT2D eigenvalue weighted by molar-refractivity contribution is 9.10. The molecule has 5 nitrogen and oxygen atoms in total. The number of carbonyl (C=O) groups is 1. The molecule has 0 aliphatic carbocycles. The zero-order valence-corrected chi connectivity index (χ0v) is 12.6. The van der Waals surface area contributed by atoms with Crippen molar-refractivity contribution in [3.8, 4) is 11.5 Å². The topological polar surface area (TPSA) is 70.9 Å². The number of rotatable bonds is 5. The minimum Gasteiger partial charge on any atom is -0.508 e. The van der Waals surface area contributed by atoms with Gasteiger partial charge in [-0.2, -0.15) is 5.10 Å². The van der Waals surface area contributed by atoms with Crippen molar-refractivity contribution in [3.05, 3.63) is 58.6 Å². The standard InChI is InChI=1S/C15H13BrN2O3/c16-12-2-1-3-14(8-12)21-10-15(20)18-17-9-11-4-6-13(19)7-5-11/h1-9,19H,10H2,(H,18,20)/b17-9+. The van der Waals surface area contributed by atoms with Gasteiger partial charge in [0.25, 0.3) is 5.91 Å². The van der Waals surface area contributed by atoms with Gasteiger partial charge in [-0.1, -0.05) is 22.0 Å². The van der Waals surface area contributed by atoms with Crippen molar-refractivity contribution in [3.63, 3.8) is 0 Å². The molecule has 0 aliphatic rings. The van der Waals surface area contributed by atoms with Crippen molar-refractivity contribution in [1.29, 1.82) is 0 Å². The highest BCUT2D eigenvalue weighted by Crippen LogP contribution is 2.17. The highest BCUT2D eigenvalue weighted by Gasteiger charge is 2.01. The number of nitrogens with one attached hydrogen (secondary N) is 1. The van der Waals surface area contributed by atoms with Gasteiger partial charge in [0.1, 0.15) is 11.5 Å². The Kier molecular flexibility index (Phi) is 5.34. The zero-order valence-electron chi connectivity index (χ0n) is 11.0. The molecule has 0 bridgehead atoms. The summed E-state index contributed by atoms with van der Waals surface area (Å²) in [5, 5.41) is 12.9. The first-order chi connectivity index (χ1) is 10.1. The van der Waals surface area contributed by atoms with E-state index in [1.807, 2.05) is 12.1 Å². The quantitative estimate of drug-likeness (QED) is 0.644. The van der Waals surface area contributed by atoms with E-state index in [2.05, 4.69) is 26.5 Å². The fraction of sp³-hybridized carbons (Fsp3) is 0.0667. The predicted molar refractivity (Wildman–Crippen MR) is 83.5 cm³/mol. The van der Waals surface area contributed by atoms with E-state index in [4.69, 9.17) is 9.84 Å². The molecular formula is C15H13BrN2O3. The third kappa shape index (κ3) is 5.27. The molecule has 2 rings (SSSR count). The van der Waals surface area contributed by atoms with Crippen molar-refractivity contribution in [2.45, 2.75) is 0 Å². The second kappa shape index (κ2) is 7.44. The van der Waals surface area contributed by atoms with E-state index in [1.165, 1.54) is 6.21 Å². The molecule has 2 aromatic carbocycles. The lowest BCUT2D eigenvalue weighted by Gasteiger charge is -2.05. The Balaban J connectivity index is 1.78. The number of phenols is 1. The molecule has 0 aliphatic heterocycles. The maximum absolute atomic E-state index is 11.5. The van der Waals surface area contributed by atoms with Gasteiger partial charge < -0.3 is 9.84 Å². The van der Waals surface area contributed by atoms with E-state index in [9.17, 15) is 4.79 Å². The second-order valence-electron chi connectivity index (χ2n) is 4.13. The van der Waals surface area contributed by atoms with E-state index >= 15 is 0 Å². The summed E-state index contributed by atoms with van der Waals surface area (Å²) in [6, 6.07) is 13.7. The SMILES string of the molecule is O=C(COc1cccc(Br)c1)N/N=C/c1ccc(O)cc1. The van der Waals surface area contributed by atoms with Gasteiger partial charge in [-0.3, -0.25) is 4.79 Å². The molecule has 0 saturated heterocycles. The molecule has 0 atom stereocenters. The summed E-state index contributed by atoms with van der Waals surface area (Å²) < 4.78 is 6.20. The number of amides is 1. The van der Waals surface area contributed by atoms with Crippen LogP contribution in [-0.4, -0.2) is 23.8 Å². The smallest absolute Gasteiger partial charge is 0.277 e. The van der Waals surface area contributed by atoms with Gasteiger partial charge in [-0.25, -0.2) is 5.43 Å². The lowest BCUT2D eigenvalue weighted by Crippen LogP contribution is -2.24. The monoisotopic (exact) mass is 348 g/mol. The largest absolute Gasteiger partial charge is 0.508 e. The zero-order chi connectivity index (χ0) is 15.1. The first-order valence-corrected chi connectivity index (χ1v) is 6.92. The first kappa shape index (κ1) is 15.1. The summed E-state index contributed by atoms with van der Waals surface area (Å²) >= 11 is 3.32. The Morgan fingerprint density at radius 1 is 1.29 bits per heavy atom. The van der Waals surface area contributed by atoms with Crippen LogP contribution in [-0.2, 0) is 4.79 Å². The van der Waals surface area contributed by atoms with Crippen LogP contribution in [0.25, 0.3) is 0 Å². The van der Waals surface area contributed by atoms with Crippen LogP contribution in [0.5, 0.6) is 11.5 Å². The first-order valence-electron chi connectivity index (χ1n) is 6.13. The number of phenolic OH excluding ortho intramolecular Hbond substituents is 1. The summed E-state index contributed by atoms with van der Waals surface area (Å²) in [5.74, 6) is 0.422. The predicted octanol–water partition coefficient (Wildman–Crippen LogP) is 2.68. The molecule has 0 fully saturated rings. The fourth-order valence-electron chi connectivity index (χ4n) is 1.48. The third-order valence-electron chi connectivity index (χ3n) is 2.46. The van der Waals surface area contributed by atoms with Gasteiger partial charge in [0.2, 0.25) is 0 Å². The minimum atomic E-state index is -0.356. The van der Waals surface area contributed by atoms with Crippen molar-refractivity contribution >= 4 is 28.1 Å². The fourth-order valence-corrected chi connectivity index (χ4v) is 1.86. The third-order valence-corrected chi connectivity index (χ3v) is 2.96. The van der Waals surface area contributed by atoms with Gasteiger partial charge in [0.05, 0.1) is 6.21 Å². The molecule has 6 heteroatoms. The molecule has 0 radical (unpaired) electrons. The number of aromatic hydroxyl groups is 1. The molecule has 0 aromatic heterocycles. The number of hydrogen-bond donors (Lipinski definition) is 2. The Hall–Kier alpha value is -2.34. The summed E-state index contributed by atoms with van der Waals surface area (Å²) in [7, 11) is 0. The van der Waals surface area contributed by atoms with E-state index in [0.717, 1.165) is 10.0 Å². The van der Waals surface area contributed by atoms with E-state index < -0.39 is 0 Å². The Morgan fingerprint density at radius 2 is 2.05 bits per heavy atom. The minimum absolute atomic E-state index is 0.122. The van der Waals surface area contributed by atoms with E-state index in [-0.39, 0.29) is 18.3 Å². The van der Waals surface area contributed by atoms with E-state index in [1.54, 1.807) is 36.4 Å². The van der Waals surface area contributed by atoms with Crippen molar-refractivity contribution in [1.82, 2.24) is 5.43 Å². The number of nitrogens with zero attached hydrogens (tertiary/aromatic N) is 1. The van der Waals surface area contributed by atoms with Crippen LogP contribution in [0.1, 0.15) is 5.56 Å². The lowest BCUT2D eigenvalue weighted by molar-refractivity contribution is -0.123. The van der Waals surface area contributed by atoms with Gasteiger partial charge >= 0.3 is 0 Å². The summed E-state index contributed by atoms with van der Waals surface area (Å²) in [6.45, 7) is -0.122. The normalized spacial score (nSPS) is 10.5. The van der Waals surface area contributed by atoms with Crippen LogP contribution in [0.4, 0.5) is 0 Å². The van der Waals surface area contributed by atoms with Gasteiger partial charge in [-0.05, 0) is 48.0 Å². The Labute approximate surface area is 130 Å². The summed E-state index contributed by atoms with van der Waals surface area (Å²) in [6.07, 6.45) is 1.48. The molecule has 2 N–H and O–H groups in total. The molecule has 2 aromatic rings. The van der Waals surface area contributed by atoms with Gasteiger partial charge in [0, 0.05) is 4.47 Å². The Bertz CT molecular complexity index is 642. The Morgan fingerprint density at radius 3 is 2.76 bits per heavy atom.